The van der Waals surface area contributed by atoms with Gasteiger partial charge in [0.05, 0.1) is 0 Å². The molecule has 0 saturated heterocycles. The first-order valence-electron chi connectivity index (χ1n) is 4.50. The largest absolute Gasteiger partial charge is 0.103 e. The quantitative estimate of drug-likeness (QED) is 0.552. The maximum Gasteiger partial charge on any atom is 0.00890 e. The first kappa shape index (κ1) is 9.31. The number of hydrogen-bond acceptors (Lipinski definition) is 0. The van der Waals surface area contributed by atoms with E-state index in [2.05, 4.69) is 45.1 Å². The molecule has 1 aliphatic carbocycles. The molecule has 0 spiro atoms. The molecular formula is C12H17. The van der Waals surface area contributed by atoms with Crippen LogP contribution >= 0.6 is 0 Å². The predicted octanol–water partition coefficient (Wildman–Crippen LogP) is 3.68. The number of hydrogen-bond donors (Lipinski definition) is 0. The molecule has 0 aromatic rings. The summed E-state index contributed by atoms with van der Waals surface area (Å²) in [7, 11) is 0. The monoisotopic (exact) mass is 161 g/mol. The van der Waals surface area contributed by atoms with Crippen LogP contribution in [0, 0.1) is 11.8 Å². The van der Waals surface area contributed by atoms with Gasteiger partial charge in [0.25, 0.3) is 0 Å². The van der Waals surface area contributed by atoms with E-state index in [0.717, 1.165) is 6.42 Å². The van der Waals surface area contributed by atoms with Gasteiger partial charge in [0.15, 0.2) is 0 Å². The van der Waals surface area contributed by atoms with Crippen LogP contribution in [0.25, 0.3) is 0 Å². The van der Waals surface area contributed by atoms with Crippen LogP contribution in [0.1, 0.15) is 26.7 Å². The van der Waals surface area contributed by atoms with Crippen LogP contribution in [0.3, 0.4) is 0 Å². The normalized spacial score (nSPS) is 16.3. The summed E-state index contributed by atoms with van der Waals surface area (Å²) < 4.78 is 0. The Balaban J connectivity index is 2.52. The van der Waals surface area contributed by atoms with E-state index in [-0.39, 0.29) is 0 Å². The van der Waals surface area contributed by atoms with Crippen molar-refractivity contribution in [2.24, 2.45) is 5.41 Å². The zero-order valence-electron chi connectivity index (χ0n) is 8.01. The highest BCUT2D eigenvalue weighted by Gasteiger charge is 2.22. The maximum absolute atomic E-state index is 3.75. The van der Waals surface area contributed by atoms with E-state index in [1.54, 1.807) is 0 Å². The summed E-state index contributed by atoms with van der Waals surface area (Å²) in [5.74, 6) is 0. The Labute approximate surface area is 75.7 Å². The van der Waals surface area contributed by atoms with Gasteiger partial charge in [-0.3, -0.25) is 0 Å². The van der Waals surface area contributed by atoms with Crippen LogP contribution in [0.2, 0.25) is 0 Å². The second-order valence-corrected chi connectivity index (χ2v) is 3.88. The first-order chi connectivity index (χ1) is 5.67. The fourth-order valence-electron chi connectivity index (χ4n) is 1.43. The molecule has 0 aromatic carbocycles. The molecule has 0 saturated carbocycles. The van der Waals surface area contributed by atoms with Gasteiger partial charge >= 0.3 is 0 Å². The van der Waals surface area contributed by atoms with Gasteiger partial charge in [-0.25, -0.2) is 0 Å². The van der Waals surface area contributed by atoms with Crippen LogP contribution in [0.5, 0.6) is 0 Å². The highest BCUT2D eigenvalue weighted by Crippen LogP contribution is 2.35. The van der Waals surface area contributed by atoms with E-state index in [1.807, 2.05) is 6.08 Å². The smallest absolute Gasteiger partial charge is 0.00890 e. The van der Waals surface area contributed by atoms with E-state index in [9.17, 15) is 0 Å². The van der Waals surface area contributed by atoms with Crippen molar-refractivity contribution in [3.05, 3.63) is 42.9 Å². The highest BCUT2D eigenvalue weighted by molar-refractivity contribution is 5.37. The highest BCUT2D eigenvalue weighted by atomic mass is 14.3. The van der Waals surface area contributed by atoms with Crippen molar-refractivity contribution in [1.82, 2.24) is 0 Å². The van der Waals surface area contributed by atoms with Gasteiger partial charge < -0.3 is 0 Å². The van der Waals surface area contributed by atoms with E-state index >= 15 is 0 Å². The van der Waals surface area contributed by atoms with Gasteiger partial charge in [-0.15, -0.1) is 6.58 Å². The maximum atomic E-state index is 3.75. The van der Waals surface area contributed by atoms with Crippen molar-refractivity contribution in [2.75, 3.05) is 0 Å². The summed E-state index contributed by atoms with van der Waals surface area (Å²) in [6, 6.07) is 0. The average molecular weight is 161 g/mol. The van der Waals surface area contributed by atoms with E-state index in [1.165, 1.54) is 12.0 Å². The lowest BCUT2D eigenvalue weighted by Gasteiger charge is -2.25. The number of allylic oxidation sites excluding steroid dienone is 5. The molecule has 1 aliphatic rings. The van der Waals surface area contributed by atoms with Gasteiger partial charge in [-0.1, -0.05) is 43.7 Å². The Morgan fingerprint density at radius 1 is 1.42 bits per heavy atom. The van der Waals surface area contributed by atoms with Crippen molar-refractivity contribution < 1.29 is 0 Å². The van der Waals surface area contributed by atoms with Gasteiger partial charge in [-0.2, -0.15) is 0 Å². The topological polar surface area (TPSA) is 0 Å². The lowest BCUT2D eigenvalue weighted by molar-refractivity contribution is 0.419. The third kappa shape index (κ3) is 2.10. The fraction of sp³-hybridized carbons (Fsp3) is 0.417. The van der Waals surface area contributed by atoms with Crippen LogP contribution in [-0.2, 0) is 0 Å². The Morgan fingerprint density at radius 3 is 2.67 bits per heavy atom. The van der Waals surface area contributed by atoms with Crippen LogP contribution in [-0.4, -0.2) is 0 Å². The molecule has 1 rings (SSSR count). The van der Waals surface area contributed by atoms with Crippen LogP contribution < -0.4 is 0 Å². The molecule has 0 unspecified atom stereocenters. The van der Waals surface area contributed by atoms with Gasteiger partial charge in [0, 0.05) is 6.42 Å². The lowest BCUT2D eigenvalue weighted by Crippen LogP contribution is -2.13. The van der Waals surface area contributed by atoms with E-state index in [0.29, 0.717) is 5.41 Å². The molecule has 0 bridgehead atoms. The zero-order chi connectivity index (χ0) is 9.03. The Bertz CT molecular complexity index is 216. The molecule has 0 N–H and O–H groups in total. The lowest BCUT2D eigenvalue weighted by atomic mass is 9.79. The van der Waals surface area contributed by atoms with Crippen molar-refractivity contribution in [3.8, 4) is 0 Å². The predicted molar refractivity (Wildman–Crippen MR) is 54.7 cm³/mol. The van der Waals surface area contributed by atoms with Crippen molar-refractivity contribution in [3.63, 3.8) is 0 Å². The van der Waals surface area contributed by atoms with Gasteiger partial charge in [0.2, 0.25) is 0 Å². The minimum Gasteiger partial charge on any atom is -0.103 e. The molecule has 12 heavy (non-hydrogen) atoms. The van der Waals surface area contributed by atoms with Crippen LogP contribution in [0.4, 0.5) is 0 Å². The summed E-state index contributed by atoms with van der Waals surface area (Å²) in [5.41, 5.74) is 1.74. The fourth-order valence-corrected chi connectivity index (χ4v) is 1.43. The standard InChI is InChI=1S/C12H17/c1-4-5-10-12(2,3)11-8-6-7-9-11/h4,6-9H,1,5,10H2,2-3H3. The average Bonchev–Trinajstić information content (AvgIpc) is 2.53. The molecule has 0 amide bonds. The summed E-state index contributed by atoms with van der Waals surface area (Å²) in [6.07, 6.45) is 12.9. The summed E-state index contributed by atoms with van der Waals surface area (Å²) in [4.78, 5) is 0. The third-order valence-electron chi connectivity index (χ3n) is 2.42. The van der Waals surface area contributed by atoms with E-state index in [4.69, 9.17) is 0 Å². The zero-order valence-corrected chi connectivity index (χ0v) is 8.01. The molecule has 0 aliphatic heterocycles. The minimum absolute atomic E-state index is 0.303. The molecule has 0 heteroatoms. The van der Waals surface area contributed by atoms with Gasteiger partial charge in [-0.05, 0) is 18.3 Å². The molecule has 0 fully saturated rings. The second kappa shape index (κ2) is 3.75. The third-order valence-corrected chi connectivity index (χ3v) is 2.42. The van der Waals surface area contributed by atoms with Crippen molar-refractivity contribution in [1.29, 1.82) is 0 Å². The summed E-state index contributed by atoms with van der Waals surface area (Å²) in [6.45, 7) is 8.31. The molecule has 0 atom stereocenters. The second-order valence-electron chi connectivity index (χ2n) is 3.88. The number of rotatable bonds is 4. The van der Waals surface area contributed by atoms with E-state index < -0.39 is 0 Å². The van der Waals surface area contributed by atoms with Gasteiger partial charge in [0.1, 0.15) is 0 Å². The molecule has 1 radical (unpaired) electrons. The summed E-state index contributed by atoms with van der Waals surface area (Å²) in [5, 5.41) is 0. The minimum atomic E-state index is 0.303. The SMILES string of the molecule is C=CCCC(C)(C)C1=CC=C[CH]1. The molecule has 0 aromatic heterocycles. The van der Waals surface area contributed by atoms with Crippen molar-refractivity contribution in [2.45, 2.75) is 26.7 Å². The Kier molecular flexibility index (Phi) is 2.91. The molecule has 0 heterocycles. The van der Waals surface area contributed by atoms with Crippen molar-refractivity contribution >= 4 is 0 Å². The first-order valence-corrected chi connectivity index (χ1v) is 4.50. The van der Waals surface area contributed by atoms with Crippen LogP contribution in [0.15, 0.2) is 36.5 Å². The molecule has 0 nitrogen and oxygen atoms in total. The summed E-state index contributed by atoms with van der Waals surface area (Å²) >= 11 is 0. The Hall–Kier alpha value is -0.780. The Morgan fingerprint density at radius 2 is 2.17 bits per heavy atom. The molecular weight excluding hydrogens is 144 g/mol. The molecule has 65 valence electrons.